The highest BCUT2D eigenvalue weighted by molar-refractivity contribution is 9.10. The molecule has 0 saturated heterocycles. The molecule has 0 aliphatic heterocycles. The van der Waals surface area contributed by atoms with E-state index in [1.165, 1.54) is 12.1 Å². The zero-order valence-electron chi connectivity index (χ0n) is 9.84. The van der Waals surface area contributed by atoms with Crippen molar-refractivity contribution in [2.75, 3.05) is 11.9 Å². The highest BCUT2D eigenvalue weighted by Crippen LogP contribution is 2.26. The number of hydrogen-bond acceptors (Lipinski definition) is 5. The monoisotopic (exact) mass is 361 g/mol. The van der Waals surface area contributed by atoms with Crippen molar-refractivity contribution in [2.24, 2.45) is 0 Å². The van der Waals surface area contributed by atoms with E-state index < -0.39 is 4.92 Å². The molecule has 8 heteroatoms. The maximum Gasteiger partial charge on any atom is 0.276 e. The number of halogens is 2. The summed E-state index contributed by atoms with van der Waals surface area (Å²) in [6.45, 7) is 0.612. The highest BCUT2D eigenvalue weighted by Gasteiger charge is 2.13. The molecule has 0 amide bonds. The topological polar surface area (TPSA) is 59.3 Å². The number of nitrogens with zero attached hydrogens (tertiary/aromatic N) is 3. The zero-order chi connectivity index (χ0) is 14.0. The Hall–Kier alpha value is -1.18. The van der Waals surface area contributed by atoms with Crippen molar-refractivity contribution in [1.82, 2.24) is 4.98 Å². The molecule has 2 aromatic rings. The lowest BCUT2D eigenvalue weighted by atomic mass is 10.3. The molecule has 0 N–H and O–H groups in total. The van der Waals surface area contributed by atoms with E-state index in [1.807, 2.05) is 23.4 Å². The summed E-state index contributed by atoms with van der Waals surface area (Å²) in [5, 5.41) is 12.9. The lowest BCUT2D eigenvalue weighted by molar-refractivity contribution is -0.384. The van der Waals surface area contributed by atoms with Gasteiger partial charge in [-0.05, 0) is 22.0 Å². The molecule has 0 radical (unpaired) electrons. The van der Waals surface area contributed by atoms with Gasteiger partial charge in [-0.15, -0.1) is 11.3 Å². The van der Waals surface area contributed by atoms with Crippen LogP contribution in [0.3, 0.4) is 0 Å². The number of pyridine rings is 1. The van der Waals surface area contributed by atoms with Gasteiger partial charge in [0.05, 0.1) is 23.6 Å². The number of anilines is 1. The van der Waals surface area contributed by atoms with E-state index >= 15 is 0 Å². The van der Waals surface area contributed by atoms with Gasteiger partial charge in [-0.2, -0.15) is 0 Å². The Labute approximate surface area is 127 Å². The minimum absolute atomic E-state index is 0.0609. The summed E-state index contributed by atoms with van der Waals surface area (Å²) < 4.78 is 1.02. The lowest BCUT2D eigenvalue weighted by Gasteiger charge is -2.17. The molecular formula is C11H9BrClN3O2S. The summed E-state index contributed by atoms with van der Waals surface area (Å²) in [5.74, 6) is 0.476. The highest BCUT2D eigenvalue weighted by atomic mass is 79.9. The van der Waals surface area contributed by atoms with E-state index in [-0.39, 0.29) is 10.8 Å². The van der Waals surface area contributed by atoms with Gasteiger partial charge in [-0.3, -0.25) is 10.1 Å². The number of rotatable bonds is 4. The van der Waals surface area contributed by atoms with Crippen LogP contribution >= 0.6 is 38.9 Å². The second-order valence-electron chi connectivity index (χ2n) is 3.85. The number of aromatic nitrogens is 1. The van der Waals surface area contributed by atoms with Gasteiger partial charge in [0.25, 0.3) is 5.69 Å². The van der Waals surface area contributed by atoms with Gasteiger partial charge in [-0.1, -0.05) is 11.6 Å². The molecule has 0 saturated carbocycles. The fraction of sp³-hybridized carbons (Fsp3) is 0.182. The van der Waals surface area contributed by atoms with Crippen LogP contribution in [0.5, 0.6) is 0 Å². The molecule has 0 aromatic carbocycles. The summed E-state index contributed by atoms with van der Waals surface area (Å²) in [6, 6.07) is 4.65. The minimum atomic E-state index is -0.480. The maximum absolute atomic E-state index is 10.8. The van der Waals surface area contributed by atoms with Crippen molar-refractivity contribution in [3.63, 3.8) is 0 Å². The SMILES string of the molecule is CN(Cc1cc(Br)cs1)c1cc([N+](=O)[O-])cc(Cl)n1. The van der Waals surface area contributed by atoms with Crippen LogP contribution in [-0.2, 0) is 6.54 Å². The van der Waals surface area contributed by atoms with Crippen LogP contribution in [0, 0.1) is 10.1 Å². The molecular weight excluding hydrogens is 354 g/mol. The molecule has 19 heavy (non-hydrogen) atoms. The molecule has 2 rings (SSSR count). The molecule has 0 unspecified atom stereocenters. The van der Waals surface area contributed by atoms with Gasteiger partial charge < -0.3 is 4.90 Å². The molecule has 0 spiro atoms. The molecule has 0 aliphatic rings. The average molecular weight is 363 g/mol. The van der Waals surface area contributed by atoms with Crippen molar-refractivity contribution >= 4 is 50.4 Å². The molecule has 0 bridgehead atoms. The van der Waals surface area contributed by atoms with Crippen molar-refractivity contribution in [3.8, 4) is 0 Å². The van der Waals surface area contributed by atoms with Crippen LogP contribution in [0.4, 0.5) is 11.5 Å². The largest absolute Gasteiger partial charge is 0.354 e. The molecule has 0 atom stereocenters. The van der Waals surface area contributed by atoms with Gasteiger partial charge in [0.2, 0.25) is 0 Å². The van der Waals surface area contributed by atoms with Crippen LogP contribution in [0.25, 0.3) is 0 Å². The first-order chi connectivity index (χ1) is 8.95. The summed E-state index contributed by atoms with van der Waals surface area (Å²) in [5.41, 5.74) is -0.0609. The van der Waals surface area contributed by atoms with Gasteiger partial charge in [0.15, 0.2) is 0 Å². The second kappa shape index (κ2) is 5.85. The standard InChI is InChI=1S/C11H9BrClN3O2S/c1-15(5-9-2-7(12)6-19-9)11-4-8(16(17)18)3-10(13)14-11/h2-4,6H,5H2,1H3. The first-order valence-corrected chi connectivity index (χ1v) is 7.27. The summed E-state index contributed by atoms with van der Waals surface area (Å²) in [6.07, 6.45) is 0. The number of hydrogen-bond donors (Lipinski definition) is 0. The van der Waals surface area contributed by atoms with Crippen LogP contribution in [0.2, 0.25) is 5.15 Å². The fourth-order valence-electron chi connectivity index (χ4n) is 1.52. The molecule has 2 aromatic heterocycles. The number of nitro groups is 1. The average Bonchev–Trinajstić information content (AvgIpc) is 2.73. The summed E-state index contributed by atoms with van der Waals surface area (Å²) >= 11 is 10.8. The minimum Gasteiger partial charge on any atom is -0.354 e. The third-order valence-corrected chi connectivity index (χ3v) is 4.26. The lowest BCUT2D eigenvalue weighted by Crippen LogP contribution is -2.17. The summed E-state index contributed by atoms with van der Waals surface area (Å²) in [7, 11) is 1.82. The Kier molecular flexibility index (Phi) is 4.38. The van der Waals surface area contributed by atoms with E-state index in [0.29, 0.717) is 12.4 Å². The van der Waals surface area contributed by atoms with Crippen LogP contribution in [0.15, 0.2) is 28.1 Å². The van der Waals surface area contributed by atoms with Gasteiger partial charge >= 0.3 is 0 Å². The normalized spacial score (nSPS) is 10.5. The van der Waals surface area contributed by atoms with Crippen LogP contribution < -0.4 is 4.90 Å². The van der Waals surface area contributed by atoms with Crippen LogP contribution in [0.1, 0.15) is 4.88 Å². The van der Waals surface area contributed by atoms with Gasteiger partial charge in [0.1, 0.15) is 11.0 Å². The third kappa shape index (κ3) is 3.65. The van der Waals surface area contributed by atoms with E-state index in [4.69, 9.17) is 11.6 Å². The Morgan fingerprint density at radius 3 is 2.84 bits per heavy atom. The molecule has 100 valence electrons. The Bertz CT molecular complexity index is 620. The van der Waals surface area contributed by atoms with E-state index in [0.717, 1.165) is 9.35 Å². The smallest absolute Gasteiger partial charge is 0.276 e. The van der Waals surface area contributed by atoms with Crippen molar-refractivity contribution in [2.45, 2.75) is 6.54 Å². The van der Waals surface area contributed by atoms with Gasteiger partial charge in [-0.25, -0.2) is 4.98 Å². The van der Waals surface area contributed by atoms with E-state index in [1.54, 1.807) is 11.3 Å². The Morgan fingerprint density at radius 2 is 2.26 bits per heavy atom. The predicted octanol–water partition coefficient (Wildman–Crippen LogP) is 4.10. The van der Waals surface area contributed by atoms with Crippen molar-refractivity contribution in [1.29, 1.82) is 0 Å². The molecule has 0 fully saturated rings. The van der Waals surface area contributed by atoms with Gasteiger partial charge in [0, 0.05) is 21.8 Å². The fourth-order valence-corrected chi connectivity index (χ4v) is 3.22. The van der Waals surface area contributed by atoms with E-state index in [2.05, 4.69) is 20.9 Å². The zero-order valence-corrected chi connectivity index (χ0v) is 13.0. The Morgan fingerprint density at radius 1 is 1.53 bits per heavy atom. The molecule has 2 heterocycles. The number of thiophene rings is 1. The maximum atomic E-state index is 10.8. The van der Waals surface area contributed by atoms with Crippen LogP contribution in [-0.4, -0.2) is 17.0 Å². The second-order valence-corrected chi connectivity index (χ2v) is 6.15. The first kappa shape index (κ1) is 14.2. The van der Waals surface area contributed by atoms with Crippen molar-refractivity contribution < 1.29 is 4.92 Å². The molecule has 0 aliphatic carbocycles. The summed E-state index contributed by atoms with van der Waals surface area (Å²) in [4.78, 5) is 17.3. The van der Waals surface area contributed by atoms with Crippen molar-refractivity contribution in [3.05, 3.63) is 48.2 Å². The quantitative estimate of drug-likeness (QED) is 0.467. The Balaban J connectivity index is 2.23. The first-order valence-electron chi connectivity index (χ1n) is 5.22. The third-order valence-electron chi connectivity index (χ3n) is 2.38. The van der Waals surface area contributed by atoms with E-state index in [9.17, 15) is 10.1 Å². The molecule has 5 nitrogen and oxygen atoms in total. The predicted molar refractivity (Wildman–Crippen MR) is 80.0 cm³/mol.